The monoisotopic (exact) mass is 312 g/mol. The van der Waals surface area contributed by atoms with E-state index in [1.165, 1.54) is 0 Å². The summed E-state index contributed by atoms with van der Waals surface area (Å²) in [7, 11) is 0. The second-order valence-corrected chi connectivity index (χ2v) is 6.64. The maximum absolute atomic E-state index is 12.5. The summed E-state index contributed by atoms with van der Waals surface area (Å²) >= 11 is 0. The van der Waals surface area contributed by atoms with Gasteiger partial charge in [0.05, 0.1) is 0 Å². The summed E-state index contributed by atoms with van der Waals surface area (Å²) in [6.45, 7) is 8.35. The van der Waals surface area contributed by atoms with Crippen LogP contribution < -0.4 is 11.5 Å². The number of carbonyl (C=O) groups is 1. The van der Waals surface area contributed by atoms with Gasteiger partial charge in [0, 0.05) is 28.6 Å². The van der Waals surface area contributed by atoms with Gasteiger partial charge in [-0.25, -0.2) is 4.99 Å². The molecule has 0 aliphatic heterocycles. The number of hydrogen-bond acceptors (Lipinski definition) is 2. The molecule has 0 unspecified atom stereocenters. The van der Waals surface area contributed by atoms with E-state index >= 15 is 0 Å². The average molecular weight is 312 g/mol. The van der Waals surface area contributed by atoms with Crippen LogP contribution in [0.2, 0.25) is 0 Å². The van der Waals surface area contributed by atoms with E-state index in [4.69, 9.17) is 11.5 Å². The van der Waals surface area contributed by atoms with Gasteiger partial charge in [0.1, 0.15) is 6.54 Å². The van der Waals surface area contributed by atoms with E-state index in [1.807, 2.05) is 43.5 Å². The SMILES string of the molecule is Cc1c(C(=O)CN=C(N)N)cn(-c2ccccc2)c1C(C)(C)C. The minimum atomic E-state index is -0.103. The van der Waals surface area contributed by atoms with Crippen LogP contribution in [0, 0.1) is 6.92 Å². The summed E-state index contributed by atoms with van der Waals surface area (Å²) in [5.74, 6) is -0.161. The number of nitrogens with two attached hydrogens (primary N) is 2. The molecule has 0 spiro atoms. The minimum absolute atomic E-state index is 0.0362. The Balaban J connectivity index is 2.57. The molecule has 5 nitrogen and oxygen atoms in total. The van der Waals surface area contributed by atoms with Crippen molar-refractivity contribution >= 4 is 11.7 Å². The molecule has 0 aliphatic carbocycles. The highest BCUT2D eigenvalue weighted by Gasteiger charge is 2.26. The molecule has 0 amide bonds. The zero-order valence-electron chi connectivity index (χ0n) is 14.1. The van der Waals surface area contributed by atoms with E-state index in [0.717, 1.165) is 16.9 Å². The third kappa shape index (κ3) is 3.62. The third-order valence-corrected chi connectivity index (χ3v) is 3.71. The molecular formula is C18H24N4O. The van der Waals surface area contributed by atoms with Crippen LogP contribution in [0.4, 0.5) is 0 Å². The number of aromatic nitrogens is 1. The van der Waals surface area contributed by atoms with E-state index < -0.39 is 0 Å². The summed E-state index contributed by atoms with van der Waals surface area (Å²) < 4.78 is 2.08. The van der Waals surface area contributed by atoms with Crippen molar-refractivity contribution in [2.45, 2.75) is 33.1 Å². The molecule has 0 aliphatic rings. The van der Waals surface area contributed by atoms with Gasteiger partial charge in [0.15, 0.2) is 11.7 Å². The van der Waals surface area contributed by atoms with Crippen molar-refractivity contribution in [1.82, 2.24) is 4.57 Å². The van der Waals surface area contributed by atoms with Crippen LogP contribution in [-0.4, -0.2) is 22.9 Å². The Bertz CT molecular complexity index is 732. The summed E-state index contributed by atoms with van der Waals surface area (Å²) in [6, 6.07) is 10.00. The standard InChI is InChI=1S/C18H24N4O/c1-12-14(15(23)10-21-17(19)20)11-22(16(12)18(2,3)4)13-8-6-5-7-9-13/h5-9,11H,10H2,1-4H3,(H4,19,20,21). The second-order valence-electron chi connectivity index (χ2n) is 6.64. The zero-order chi connectivity index (χ0) is 17.2. The van der Waals surface area contributed by atoms with E-state index in [-0.39, 0.29) is 23.7 Å². The quantitative estimate of drug-likeness (QED) is 0.517. The molecule has 23 heavy (non-hydrogen) atoms. The fourth-order valence-electron chi connectivity index (χ4n) is 2.84. The van der Waals surface area contributed by atoms with Crippen LogP contribution >= 0.6 is 0 Å². The van der Waals surface area contributed by atoms with Gasteiger partial charge in [0.2, 0.25) is 0 Å². The number of hydrogen-bond donors (Lipinski definition) is 2. The van der Waals surface area contributed by atoms with Crippen molar-refractivity contribution in [2.75, 3.05) is 6.54 Å². The number of benzene rings is 1. The van der Waals surface area contributed by atoms with Gasteiger partial charge in [-0.3, -0.25) is 4.79 Å². The molecule has 4 N–H and O–H groups in total. The van der Waals surface area contributed by atoms with Gasteiger partial charge in [-0.15, -0.1) is 0 Å². The van der Waals surface area contributed by atoms with Crippen molar-refractivity contribution < 1.29 is 4.79 Å². The molecule has 0 saturated heterocycles. The van der Waals surface area contributed by atoms with Crippen molar-refractivity contribution in [3.63, 3.8) is 0 Å². The maximum atomic E-state index is 12.5. The lowest BCUT2D eigenvalue weighted by Gasteiger charge is -2.23. The Hall–Kier alpha value is -2.56. The van der Waals surface area contributed by atoms with Crippen molar-refractivity contribution in [2.24, 2.45) is 16.5 Å². The lowest BCUT2D eigenvalue weighted by atomic mass is 9.88. The molecule has 1 aromatic carbocycles. The van der Waals surface area contributed by atoms with Crippen LogP contribution in [0.1, 0.15) is 42.4 Å². The van der Waals surface area contributed by atoms with Gasteiger partial charge in [-0.05, 0) is 24.6 Å². The molecule has 0 saturated carbocycles. The second kappa shape index (κ2) is 6.28. The molecule has 0 atom stereocenters. The van der Waals surface area contributed by atoms with Gasteiger partial charge >= 0.3 is 0 Å². The lowest BCUT2D eigenvalue weighted by Crippen LogP contribution is -2.24. The summed E-state index contributed by atoms with van der Waals surface area (Å²) in [5.41, 5.74) is 14.3. The molecule has 1 aromatic heterocycles. The van der Waals surface area contributed by atoms with Gasteiger partial charge in [-0.1, -0.05) is 39.0 Å². The van der Waals surface area contributed by atoms with Crippen LogP contribution in [0.25, 0.3) is 5.69 Å². The fourth-order valence-corrected chi connectivity index (χ4v) is 2.84. The highest BCUT2D eigenvalue weighted by atomic mass is 16.1. The van der Waals surface area contributed by atoms with E-state index in [2.05, 4.69) is 30.3 Å². The van der Waals surface area contributed by atoms with Crippen LogP contribution in [0.5, 0.6) is 0 Å². The molecule has 0 fully saturated rings. The fraction of sp³-hybridized carbons (Fsp3) is 0.333. The van der Waals surface area contributed by atoms with Gasteiger partial charge < -0.3 is 16.0 Å². The van der Waals surface area contributed by atoms with Crippen LogP contribution in [0.15, 0.2) is 41.5 Å². The highest BCUT2D eigenvalue weighted by molar-refractivity contribution is 6.00. The average Bonchev–Trinajstić information content (AvgIpc) is 2.83. The van der Waals surface area contributed by atoms with Crippen LogP contribution in [-0.2, 0) is 5.41 Å². The molecule has 5 heteroatoms. The number of ketones is 1. The van der Waals surface area contributed by atoms with Crippen molar-refractivity contribution in [3.8, 4) is 5.69 Å². The Kier molecular flexibility index (Phi) is 4.59. The number of carbonyl (C=O) groups excluding carboxylic acids is 1. The lowest BCUT2D eigenvalue weighted by molar-refractivity contribution is 0.100. The normalized spacial score (nSPS) is 11.3. The Labute approximate surface area is 137 Å². The van der Waals surface area contributed by atoms with Crippen LogP contribution in [0.3, 0.4) is 0 Å². The number of nitrogens with zero attached hydrogens (tertiary/aromatic N) is 2. The number of aliphatic imine (C=N–C) groups is 1. The predicted molar refractivity (Wildman–Crippen MR) is 94.2 cm³/mol. The molecule has 0 radical (unpaired) electrons. The summed E-state index contributed by atoms with van der Waals surface area (Å²) in [5, 5.41) is 0. The topological polar surface area (TPSA) is 86.4 Å². The zero-order valence-corrected chi connectivity index (χ0v) is 14.1. The largest absolute Gasteiger partial charge is 0.370 e. The Morgan fingerprint density at radius 2 is 1.78 bits per heavy atom. The smallest absolute Gasteiger partial charge is 0.186 e. The molecule has 2 aromatic rings. The van der Waals surface area contributed by atoms with Gasteiger partial charge in [0.25, 0.3) is 0 Å². The first-order valence-corrected chi connectivity index (χ1v) is 7.58. The summed E-state index contributed by atoms with van der Waals surface area (Å²) in [4.78, 5) is 16.3. The van der Waals surface area contributed by atoms with Crippen molar-refractivity contribution in [3.05, 3.63) is 53.3 Å². The number of para-hydroxylation sites is 1. The third-order valence-electron chi connectivity index (χ3n) is 3.71. The Morgan fingerprint density at radius 3 is 2.30 bits per heavy atom. The minimum Gasteiger partial charge on any atom is -0.370 e. The highest BCUT2D eigenvalue weighted by Crippen LogP contribution is 2.32. The predicted octanol–water partition coefficient (Wildman–Crippen LogP) is 2.54. The number of Topliss-reactive ketones (excluding diaryl/α,β-unsaturated/α-hetero) is 1. The van der Waals surface area contributed by atoms with E-state index in [0.29, 0.717) is 5.56 Å². The first-order valence-electron chi connectivity index (χ1n) is 7.58. The first-order chi connectivity index (χ1) is 10.7. The Morgan fingerprint density at radius 1 is 1.17 bits per heavy atom. The van der Waals surface area contributed by atoms with Crippen molar-refractivity contribution in [1.29, 1.82) is 0 Å². The molecular weight excluding hydrogens is 288 g/mol. The number of rotatable bonds is 4. The first kappa shape index (κ1) is 16.8. The molecule has 1 heterocycles. The molecule has 0 bridgehead atoms. The summed E-state index contributed by atoms with van der Waals surface area (Å²) in [6.07, 6.45) is 1.88. The van der Waals surface area contributed by atoms with E-state index in [1.54, 1.807) is 0 Å². The maximum Gasteiger partial charge on any atom is 0.186 e. The number of guanidine groups is 1. The van der Waals surface area contributed by atoms with Gasteiger partial charge in [-0.2, -0.15) is 0 Å². The molecule has 122 valence electrons. The van der Waals surface area contributed by atoms with E-state index in [9.17, 15) is 4.79 Å². The molecule has 2 rings (SSSR count).